The van der Waals surface area contributed by atoms with E-state index in [0.717, 1.165) is 21.8 Å². The van der Waals surface area contributed by atoms with Crippen LogP contribution in [0.25, 0.3) is 5.76 Å². The number of carbonyl (C=O) groups excluding carboxylic acids is 3. The molecule has 12 heteroatoms. The summed E-state index contributed by atoms with van der Waals surface area (Å²) in [5.41, 5.74) is 1.41. The number of hydrogen-bond acceptors (Lipinski definition) is 10. The van der Waals surface area contributed by atoms with Crippen molar-refractivity contribution in [3.63, 3.8) is 0 Å². The molecule has 3 heterocycles. The Labute approximate surface area is 220 Å². The lowest BCUT2D eigenvalue weighted by Gasteiger charge is -2.23. The minimum atomic E-state index is -1.16. The average Bonchev–Trinajstić information content (AvgIpc) is 3.55. The Morgan fingerprint density at radius 1 is 1.24 bits per heavy atom. The number of fused-ring (bicyclic) bond motifs is 1. The second-order valence-corrected chi connectivity index (χ2v) is 9.85. The van der Waals surface area contributed by atoms with Crippen molar-refractivity contribution < 1.29 is 33.9 Å². The van der Waals surface area contributed by atoms with Gasteiger partial charge in [-0.25, -0.2) is 9.78 Å². The third-order valence-corrected chi connectivity index (χ3v) is 7.53. The SMILES string of the molecule is COC(=O)c1sc(N2C(=O)C(=O)/C(=C(/O)c3ccc4c(c3)CC(C)O4)C2c2ccc([N+](=O)[O-])cc2)nc1C. The molecule has 194 valence electrons. The number of aromatic nitrogens is 1. The van der Waals surface area contributed by atoms with Crippen molar-refractivity contribution in [2.45, 2.75) is 32.4 Å². The van der Waals surface area contributed by atoms with Crippen LogP contribution in [0.2, 0.25) is 0 Å². The Bertz CT molecular complexity index is 1540. The Hall–Kier alpha value is -4.58. The van der Waals surface area contributed by atoms with Crippen LogP contribution in [0.5, 0.6) is 5.75 Å². The minimum absolute atomic E-state index is 0.0368. The van der Waals surface area contributed by atoms with Crippen LogP contribution in [0, 0.1) is 17.0 Å². The molecule has 0 bridgehead atoms. The molecule has 0 radical (unpaired) electrons. The predicted molar refractivity (Wildman–Crippen MR) is 136 cm³/mol. The number of aliphatic hydroxyl groups excluding tert-OH is 1. The van der Waals surface area contributed by atoms with Crippen LogP contribution in [0.4, 0.5) is 10.8 Å². The van der Waals surface area contributed by atoms with Gasteiger partial charge in [0.15, 0.2) is 5.13 Å². The van der Waals surface area contributed by atoms with E-state index >= 15 is 0 Å². The Morgan fingerprint density at radius 2 is 1.95 bits per heavy atom. The molecule has 0 spiro atoms. The molecular weight excluding hydrogens is 514 g/mol. The quantitative estimate of drug-likeness (QED) is 0.127. The molecule has 2 atom stereocenters. The van der Waals surface area contributed by atoms with E-state index in [9.17, 15) is 29.6 Å². The molecule has 3 aromatic rings. The number of nitro groups is 1. The number of amides is 1. The molecule has 0 saturated carbocycles. The van der Waals surface area contributed by atoms with Crippen LogP contribution >= 0.6 is 11.3 Å². The van der Waals surface area contributed by atoms with Crippen molar-refractivity contribution in [1.82, 2.24) is 4.98 Å². The molecule has 1 saturated heterocycles. The van der Waals surface area contributed by atoms with Gasteiger partial charge in [0.1, 0.15) is 22.5 Å². The summed E-state index contributed by atoms with van der Waals surface area (Å²) in [5.74, 6) is -2.29. The number of thiazole rings is 1. The summed E-state index contributed by atoms with van der Waals surface area (Å²) in [6.45, 7) is 3.48. The first-order valence-corrected chi connectivity index (χ1v) is 12.3. The molecule has 2 aliphatic heterocycles. The smallest absolute Gasteiger partial charge is 0.350 e. The number of methoxy groups -OCH3 is 1. The highest BCUT2D eigenvalue weighted by Gasteiger charge is 2.48. The van der Waals surface area contributed by atoms with Crippen molar-refractivity contribution in [2.24, 2.45) is 0 Å². The Kier molecular flexibility index (Phi) is 6.19. The number of aliphatic hydroxyl groups is 1. The summed E-state index contributed by atoms with van der Waals surface area (Å²) in [7, 11) is 1.21. The van der Waals surface area contributed by atoms with Crippen LogP contribution < -0.4 is 9.64 Å². The number of carbonyl (C=O) groups is 3. The predicted octanol–water partition coefficient (Wildman–Crippen LogP) is 4.10. The van der Waals surface area contributed by atoms with Gasteiger partial charge in [0.2, 0.25) is 0 Å². The van der Waals surface area contributed by atoms with Crippen LogP contribution in [-0.2, 0) is 20.7 Å². The zero-order chi connectivity index (χ0) is 27.3. The molecule has 1 amide bonds. The highest BCUT2D eigenvalue weighted by atomic mass is 32.1. The van der Waals surface area contributed by atoms with E-state index in [1.165, 1.54) is 31.4 Å². The third kappa shape index (κ3) is 4.08. The van der Waals surface area contributed by atoms with E-state index in [-0.39, 0.29) is 27.4 Å². The van der Waals surface area contributed by atoms with Crippen molar-refractivity contribution >= 4 is 45.6 Å². The number of non-ortho nitro benzene ring substituents is 1. The molecule has 0 aliphatic carbocycles. The van der Waals surface area contributed by atoms with Crippen molar-refractivity contribution in [3.05, 3.63) is 85.4 Å². The van der Waals surface area contributed by atoms with Gasteiger partial charge >= 0.3 is 11.9 Å². The van der Waals surface area contributed by atoms with Gasteiger partial charge in [0.05, 0.1) is 29.3 Å². The maximum atomic E-state index is 13.4. The number of aryl methyl sites for hydroxylation is 1. The number of hydrogen-bond donors (Lipinski definition) is 1. The van der Waals surface area contributed by atoms with Gasteiger partial charge in [-0.1, -0.05) is 11.3 Å². The number of esters is 1. The highest BCUT2D eigenvalue weighted by Crippen LogP contribution is 2.44. The van der Waals surface area contributed by atoms with E-state index in [1.54, 1.807) is 25.1 Å². The van der Waals surface area contributed by atoms with Gasteiger partial charge in [-0.15, -0.1) is 0 Å². The lowest BCUT2D eigenvalue weighted by atomic mass is 9.94. The van der Waals surface area contributed by atoms with Gasteiger partial charge < -0.3 is 14.6 Å². The fourth-order valence-corrected chi connectivity index (χ4v) is 5.63. The van der Waals surface area contributed by atoms with Crippen LogP contribution in [-0.4, -0.2) is 45.9 Å². The fourth-order valence-electron chi connectivity index (χ4n) is 4.62. The lowest BCUT2D eigenvalue weighted by Crippen LogP contribution is -2.29. The number of ether oxygens (including phenoxy) is 2. The standard InChI is InChI=1S/C26H21N3O8S/c1-12-10-16-11-15(6-9-18(16)37-12)21(30)19-20(14-4-7-17(8-5-14)29(34)35)28(24(32)22(19)31)26-27-13(2)23(38-26)25(33)36-3/h4-9,11-12,20,30H,10H2,1-3H3/b21-19+. The van der Waals surface area contributed by atoms with Gasteiger partial charge in [0.25, 0.3) is 11.5 Å². The van der Waals surface area contributed by atoms with Crippen LogP contribution in [0.15, 0.2) is 48.0 Å². The van der Waals surface area contributed by atoms with Crippen LogP contribution in [0.1, 0.15) is 45.0 Å². The van der Waals surface area contributed by atoms with Gasteiger partial charge in [-0.2, -0.15) is 0 Å². The zero-order valence-electron chi connectivity index (χ0n) is 20.5. The second kappa shape index (κ2) is 9.38. The zero-order valence-corrected chi connectivity index (χ0v) is 21.3. The molecule has 2 aliphatic rings. The Balaban J connectivity index is 1.68. The Morgan fingerprint density at radius 3 is 2.61 bits per heavy atom. The summed E-state index contributed by atoms with van der Waals surface area (Å²) in [4.78, 5) is 55.1. The molecular formula is C26H21N3O8S. The number of rotatable bonds is 5. The average molecular weight is 536 g/mol. The van der Waals surface area contributed by atoms with Gasteiger partial charge in [0, 0.05) is 24.1 Å². The van der Waals surface area contributed by atoms with E-state index < -0.39 is 34.4 Å². The number of ketones is 1. The van der Waals surface area contributed by atoms with E-state index in [0.29, 0.717) is 29.0 Å². The number of benzene rings is 2. The molecule has 1 fully saturated rings. The molecule has 2 unspecified atom stereocenters. The monoisotopic (exact) mass is 535 g/mol. The van der Waals surface area contributed by atoms with Crippen molar-refractivity contribution in [1.29, 1.82) is 0 Å². The van der Waals surface area contributed by atoms with E-state index in [1.807, 2.05) is 6.92 Å². The molecule has 2 aromatic carbocycles. The van der Waals surface area contributed by atoms with Gasteiger partial charge in [-0.3, -0.25) is 24.6 Å². The van der Waals surface area contributed by atoms with E-state index in [4.69, 9.17) is 9.47 Å². The van der Waals surface area contributed by atoms with Gasteiger partial charge in [-0.05, 0) is 55.3 Å². The van der Waals surface area contributed by atoms with Crippen molar-refractivity contribution in [2.75, 3.05) is 12.0 Å². The maximum absolute atomic E-state index is 13.4. The van der Waals surface area contributed by atoms with Crippen molar-refractivity contribution in [3.8, 4) is 5.75 Å². The number of nitrogens with zero attached hydrogens (tertiary/aromatic N) is 3. The molecule has 1 aromatic heterocycles. The normalized spacial score (nSPS) is 19.8. The molecule has 5 rings (SSSR count). The highest BCUT2D eigenvalue weighted by molar-refractivity contribution is 7.17. The third-order valence-electron chi connectivity index (χ3n) is 6.40. The van der Waals surface area contributed by atoms with E-state index in [2.05, 4.69) is 4.98 Å². The summed E-state index contributed by atoms with van der Waals surface area (Å²) in [6.07, 6.45) is 0.580. The number of Topliss-reactive ketones (excluding diaryl/α,β-unsaturated/α-hetero) is 1. The first-order chi connectivity index (χ1) is 18.1. The lowest BCUT2D eigenvalue weighted by molar-refractivity contribution is -0.384. The number of anilines is 1. The topological polar surface area (TPSA) is 149 Å². The first-order valence-electron chi connectivity index (χ1n) is 11.5. The maximum Gasteiger partial charge on any atom is 0.350 e. The summed E-state index contributed by atoms with van der Waals surface area (Å²) < 4.78 is 10.5. The summed E-state index contributed by atoms with van der Waals surface area (Å²) >= 11 is 0.866. The first kappa shape index (κ1) is 25.1. The minimum Gasteiger partial charge on any atom is -0.507 e. The summed E-state index contributed by atoms with van der Waals surface area (Å²) in [5, 5.41) is 22.6. The second-order valence-electron chi connectivity index (χ2n) is 8.88. The summed E-state index contributed by atoms with van der Waals surface area (Å²) in [6, 6.07) is 9.15. The fraction of sp³-hybridized carbons (Fsp3) is 0.231. The largest absolute Gasteiger partial charge is 0.507 e. The van der Waals surface area contributed by atoms with Crippen LogP contribution in [0.3, 0.4) is 0 Å². The molecule has 11 nitrogen and oxygen atoms in total. The molecule has 1 N–H and O–H groups in total. The molecule has 38 heavy (non-hydrogen) atoms. The number of nitro benzene ring substituents is 1.